The Morgan fingerprint density at radius 3 is 2.72 bits per heavy atom. The molecule has 3 rings (SSSR count). The van der Waals surface area contributed by atoms with Gasteiger partial charge in [0.1, 0.15) is 0 Å². The first-order chi connectivity index (χ1) is 14.0. The van der Waals surface area contributed by atoms with Gasteiger partial charge in [0, 0.05) is 42.9 Å². The normalized spacial score (nSPS) is 15.1. The molecule has 0 atom stereocenters. The predicted octanol–water partition coefficient (Wildman–Crippen LogP) is 3.90. The molecular formula is C23H32N4OS. The molecule has 0 unspecified atom stereocenters. The Balaban J connectivity index is 1.61. The zero-order valence-electron chi connectivity index (χ0n) is 17.7. The number of thiophene rings is 1. The van der Waals surface area contributed by atoms with Crippen molar-refractivity contribution >= 4 is 23.2 Å². The van der Waals surface area contributed by atoms with E-state index in [0.29, 0.717) is 19.5 Å². The van der Waals surface area contributed by atoms with Crippen molar-refractivity contribution in [3.05, 3.63) is 57.8 Å². The van der Waals surface area contributed by atoms with Gasteiger partial charge in [0.25, 0.3) is 0 Å². The van der Waals surface area contributed by atoms with Crippen LogP contribution in [0.1, 0.15) is 49.6 Å². The van der Waals surface area contributed by atoms with Crippen LogP contribution in [0.5, 0.6) is 0 Å². The van der Waals surface area contributed by atoms with Crippen molar-refractivity contribution in [3.8, 4) is 0 Å². The van der Waals surface area contributed by atoms with Gasteiger partial charge < -0.3 is 15.5 Å². The van der Waals surface area contributed by atoms with Gasteiger partial charge in [-0.3, -0.25) is 4.79 Å². The van der Waals surface area contributed by atoms with Crippen LogP contribution in [-0.4, -0.2) is 36.4 Å². The van der Waals surface area contributed by atoms with Gasteiger partial charge in [-0.1, -0.05) is 44.2 Å². The lowest BCUT2D eigenvalue weighted by molar-refractivity contribution is -0.128. The Labute approximate surface area is 178 Å². The van der Waals surface area contributed by atoms with Gasteiger partial charge in [-0.05, 0) is 35.9 Å². The van der Waals surface area contributed by atoms with Gasteiger partial charge in [-0.15, -0.1) is 11.3 Å². The van der Waals surface area contributed by atoms with Crippen LogP contribution in [0.4, 0.5) is 0 Å². The third-order valence-electron chi connectivity index (χ3n) is 5.19. The van der Waals surface area contributed by atoms with Crippen molar-refractivity contribution in [1.29, 1.82) is 0 Å². The molecule has 0 saturated carbocycles. The maximum absolute atomic E-state index is 11.9. The molecule has 0 radical (unpaired) electrons. The van der Waals surface area contributed by atoms with Crippen molar-refractivity contribution in [3.63, 3.8) is 0 Å². The molecule has 1 saturated heterocycles. The Kier molecular flexibility index (Phi) is 7.31. The molecule has 5 nitrogen and oxygen atoms in total. The number of amides is 1. The molecule has 156 valence electrons. The van der Waals surface area contributed by atoms with Crippen LogP contribution in [-0.2, 0) is 23.3 Å². The molecular weight excluding hydrogens is 380 g/mol. The van der Waals surface area contributed by atoms with Crippen molar-refractivity contribution in [1.82, 2.24) is 15.5 Å². The molecule has 2 heterocycles. The highest BCUT2D eigenvalue weighted by Gasteiger charge is 2.22. The zero-order chi connectivity index (χ0) is 20.7. The highest BCUT2D eigenvalue weighted by atomic mass is 32.1. The molecule has 6 heteroatoms. The average molecular weight is 413 g/mol. The molecule has 2 aromatic rings. The van der Waals surface area contributed by atoms with E-state index in [1.807, 2.05) is 4.90 Å². The fourth-order valence-electron chi connectivity index (χ4n) is 3.49. The molecule has 1 aliphatic rings. The quantitative estimate of drug-likeness (QED) is 0.511. The Hall–Kier alpha value is -2.34. The first kappa shape index (κ1) is 21.4. The number of hydrogen-bond acceptors (Lipinski definition) is 3. The van der Waals surface area contributed by atoms with E-state index in [4.69, 9.17) is 4.99 Å². The number of carbonyl (C=O) groups excluding carboxylic acids is 1. The third-order valence-corrected chi connectivity index (χ3v) is 6.42. The van der Waals surface area contributed by atoms with E-state index >= 15 is 0 Å². The van der Waals surface area contributed by atoms with Gasteiger partial charge >= 0.3 is 0 Å². The fourth-order valence-corrected chi connectivity index (χ4v) is 4.34. The van der Waals surface area contributed by atoms with Crippen LogP contribution in [0.3, 0.4) is 0 Å². The Morgan fingerprint density at radius 1 is 1.21 bits per heavy atom. The summed E-state index contributed by atoms with van der Waals surface area (Å²) >= 11 is 1.79. The summed E-state index contributed by atoms with van der Waals surface area (Å²) in [5, 5.41) is 8.95. The van der Waals surface area contributed by atoms with Crippen molar-refractivity contribution < 1.29 is 4.79 Å². The van der Waals surface area contributed by atoms with Gasteiger partial charge in [-0.25, -0.2) is 4.99 Å². The molecule has 1 amide bonds. The molecule has 0 aliphatic carbocycles. The number of nitrogens with one attached hydrogen (secondary N) is 2. The Bertz CT molecular complexity index is 829. The number of carbonyl (C=O) groups is 1. The van der Waals surface area contributed by atoms with Crippen LogP contribution >= 0.6 is 11.3 Å². The van der Waals surface area contributed by atoms with Gasteiger partial charge in [0.2, 0.25) is 5.91 Å². The van der Waals surface area contributed by atoms with Crippen LogP contribution in [0.15, 0.2) is 46.8 Å². The number of guanidine groups is 1. The molecule has 2 N–H and O–H groups in total. The van der Waals surface area contributed by atoms with Crippen LogP contribution in [0.2, 0.25) is 0 Å². The fraction of sp³-hybridized carbons (Fsp3) is 0.478. The van der Waals surface area contributed by atoms with Crippen molar-refractivity contribution in [2.45, 2.75) is 52.1 Å². The van der Waals surface area contributed by atoms with Crippen molar-refractivity contribution in [2.75, 3.05) is 19.6 Å². The third kappa shape index (κ3) is 6.07. The molecule has 0 spiro atoms. The lowest BCUT2D eigenvalue weighted by Gasteiger charge is -2.25. The molecule has 29 heavy (non-hydrogen) atoms. The second-order valence-electron chi connectivity index (χ2n) is 8.15. The first-order valence-corrected chi connectivity index (χ1v) is 11.3. The summed E-state index contributed by atoms with van der Waals surface area (Å²) in [4.78, 5) is 20.0. The number of hydrogen-bond donors (Lipinski definition) is 2. The first-order valence-electron chi connectivity index (χ1n) is 10.4. The molecule has 1 aromatic heterocycles. The van der Waals surface area contributed by atoms with E-state index in [-0.39, 0.29) is 11.3 Å². The average Bonchev–Trinajstić information content (AvgIpc) is 3.37. The maximum Gasteiger partial charge on any atom is 0.222 e. The van der Waals surface area contributed by atoms with Crippen LogP contribution < -0.4 is 10.6 Å². The number of nitrogens with zero attached hydrogens (tertiary/aromatic N) is 2. The van der Waals surface area contributed by atoms with Crippen LogP contribution in [0, 0.1) is 0 Å². The summed E-state index contributed by atoms with van der Waals surface area (Å²) in [5.74, 6) is 1.10. The second kappa shape index (κ2) is 9.92. The minimum Gasteiger partial charge on any atom is -0.357 e. The standard InChI is InChI=1S/C23H32N4OS/c1-4-24-22(26-17-23(2,3)20-10-7-13-29-20)25-15-18-8-5-9-19(14-18)16-27-12-6-11-21(27)28/h5,7-10,13-14H,4,6,11-12,15-17H2,1-3H3,(H2,24,25,26). The smallest absolute Gasteiger partial charge is 0.222 e. The summed E-state index contributed by atoms with van der Waals surface area (Å²) < 4.78 is 0. The molecule has 1 fully saturated rings. The van der Waals surface area contributed by atoms with E-state index in [2.05, 4.69) is 73.2 Å². The largest absolute Gasteiger partial charge is 0.357 e. The lowest BCUT2D eigenvalue weighted by atomic mass is 9.91. The SMILES string of the molecule is CCNC(=NCc1cccc(CN2CCCC2=O)c1)NCC(C)(C)c1cccs1. The summed E-state index contributed by atoms with van der Waals surface area (Å²) in [5.41, 5.74) is 2.38. The summed E-state index contributed by atoms with van der Waals surface area (Å²) in [7, 11) is 0. The van der Waals surface area contributed by atoms with Gasteiger partial charge in [0.15, 0.2) is 5.96 Å². The van der Waals surface area contributed by atoms with E-state index in [1.165, 1.54) is 10.4 Å². The highest BCUT2D eigenvalue weighted by molar-refractivity contribution is 7.10. The maximum atomic E-state index is 11.9. The molecule has 1 aromatic carbocycles. The Morgan fingerprint density at radius 2 is 2.03 bits per heavy atom. The van der Waals surface area contributed by atoms with E-state index in [0.717, 1.165) is 37.6 Å². The van der Waals surface area contributed by atoms with Gasteiger partial charge in [-0.2, -0.15) is 0 Å². The summed E-state index contributed by atoms with van der Waals surface area (Å²) in [6, 6.07) is 12.7. The van der Waals surface area contributed by atoms with E-state index < -0.39 is 0 Å². The lowest BCUT2D eigenvalue weighted by Crippen LogP contribution is -2.43. The molecule has 1 aliphatic heterocycles. The monoisotopic (exact) mass is 412 g/mol. The number of rotatable bonds is 8. The topological polar surface area (TPSA) is 56.7 Å². The second-order valence-corrected chi connectivity index (χ2v) is 9.10. The zero-order valence-corrected chi connectivity index (χ0v) is 18.5. The number of likely N-dealkylation sites (tertiary alicyclic amines) is 1. The van der Waals surface area contributed by atoms with E-state index in [1.54, 1.807) is 11.3 Å². The predicted molar refractivity (Wildman–Crippen MR) is 121 cm³/mol. The van der Waals surface area contributed by atoms with Gasteiger partial charge in [0.05, 0.1) is 6.54 Å². The number of aliphatic imine (C=N–C) groups is 1. The summed E-state index contributed by atoms with van der Waals surface area (Å²) in [6.45, 7) is 10.4. The minimum atomic E-state index is 0.0482. The van der Waals surface area contributed by atoms with Crippen LogP contribution in [0.25, 0.3) is 0 Å². The van der Waals surface area contributed by atoms with Crippen molar-refractivity contribution in [2.24, 2.45) is 4.99 Å². The van der Waals surface area contributed by atoms with E-state index in [9.17, 15) is 4.79 Å². The minimum absolute atomic E-state index is 0.0482. The number of benzene rings is 1. The molecule has 0 bridgehead atoms. The highest BCUT2D eigenvalue weighted by Crippen LogP contribution is 2.26. The summed E-state index contributed by atoms with van der Waals surface area (Å²) in [6.07, 6.45) is 1.66.